The molecule has 1 fully saturated rings. The zero-order valence-corrected chi connectivity index (χ0v) is 13.2. The molecule has 0 saturated heterocycles. The fraction of sp³-hybridized carbons (Fsp3) is 0.600. The van der Waals surface area contributed by atoms with Crippen molar-refractivity contribution < 1.29 is 4.79 Å². The Morgan fingerprint density at radius 3 is 2.95 bits per heavy atom. The topological polar surface area (TPSA) is 54.0 Å². The molecule has 1 aliphatic carbocycles. The minimum atomic E-state index is -0.0198. The predicted octanol–water partition coefficient (Wildman–Crippen LogP) is 2.84. The van der Waals surface area contributed by atoms with E-state index in [0.717, 1.165) is 24.2 Å². The van der Waals surface area contributed by atoms with Crippen molar-refractivity contribution in [2.75, 3.05) is 18.6 Å². The van der Waals surface area contributed by atoms with Crippen LogP contribution in [0.5, 0.6) is 0 Å². The van der Waals surface area contributed by atoms with E-state index in [9.17, 15) is 4.79 Å². The second-order valence-electron chi connectivity index (χ2n) is 5.32. The van der Waals surface area contributed by atoms with Crippen molar-refractivity contribution in [3.05, 3.63) is 23.5 Å². The average molecular weight is 293 g/mol. The molecule has 0 spiro atoms. The van der Waals surface area contributed by atoms with Crippen LogP contribution in [0, 0.1) is 6.92 Å². The van der Waals surface area contributed by atoms with Crippen molar-refractivity contribution in [1.29, 1.82) is 0 Å². The van der Waals surface area contributed by atoms with Crippen LogP contribution in [0.15, 0.2) is 12.3 Å². The molecule has 2 atom stereocenters. The fourth-order valence-corrected chi connectivity index (χ4v) is 3.53. The smallest absolute Gasteiger partial charge is 0.255 e. The first-order chi connectivity index (χ1) is 9.63. The second kappa shape index (κ2) is 6.97. The molecular weight excluding hydrogens is 270 g/mol. The number of nitrogens with one attached hydrogen (secondary N) is 2. The van der Waals surface area contributed by atoms with Crippen LogP contribution >= 0.6 is 11.8 Å². The summed E-state index contributed by atoms with van der Waals surface area (Å²) in [5, 5.41) is 6.91. The number of aryl methyl sites for hydroxylation is 1. The first kappa shape index (κ1) is 15.2. The minimum Gasteiger partial charge on any atom is -0.387 e. The largest absolute Gasteiger partial charge is 0.387 e. The Morgan fingerprint density at radius 2 is 2.25 bits per heavy atom. The Labute approximate surface area is 125 Å². The molecule has 110 valence electrons. The standard InChI is InChI=1S/C15H23N3OS/c1-10-7-14(16-2)13(9-17-10)15(19)18-11-5-4-6-12(8-11)20-3/h7,9,11-12H,4-6,8H2,1-3H3,(H,16,17)(H,18,19). The lowest BCUT2D eigenvalue weighted by molar-refractivity contribution is 0.0929. The van der Waals surface area contributed by atoms with Crippen molar-refractivity contribution >= 4 is 23.4 Å². The summed E-state index contributed by atoms with van der Waals surface area (Å²) >= 11 is 1.91. The monoisotopic (exact) mass is 293 g/mol. The molecule has 20 heavy (non-hydrogen) atoms. The molecule has 2 unspecified atom stereocenters. The van der Waals surface area contributed by atoms with Crippen molar-refractivity contribution in [2.24, 2.45) is 0 Å². The molecule has 0 aromatic carbocycles. The van der Waals surface area contributed by atoms with Crippen molar-refractivity contribution in [1.82, 2.24) is 10.3 Å². The lowest BCUT2D eigenvalue weighted by Crippen LogP contribution is -2.39. The zero-order valence-electron chi connectivity index (χ0n) is 12.4. The maximum atomic E-state index is 12.4. The van der Waals surface area contributed by atoms with E-state index in [0.29, 0.717) is 16.9 Å². The summed E-state index contributed by atoms with van der Waals surface area (Å²) in [6, 6.07) is 2.19. The molecule has 1 amide bonds. The molecule has 2 N–H and O–H groups in total. The number of rotatable bonds is 4. The number of hydrogen-bond donors (Lipinski definition) is 2. The maximum absolute atomic E-state index is 12.4. The number of hydrogen-bond acceptors (Lipinski definition) is 4. The molecule has 5 heteroatoms. The molecule has 1 aromatic rings. The summed E-state index contributed by atoms with van der Waals surface area (Å²) in [4.78, 5) is 16.6. The average Bonchev–Trinajstić information content (AvgIpc) is 2.47. The number of nitrogens with zero attached hydrogens (tertiary/aromatic N) is 1. The number of aromatic nitrogens is 1. The third kappa shape index (κ3) is 3.66. The van der Waals surface area contributed by atoms with Gasteiger partial charge in [0.15, 0.2) is 0 Å². The van der Waals surface area contributed by atoms with Crippen molar-refractivity contribution in [2.45, 2.75) is 43.9 Å². The number of amides is 1. The molecule has 1 saturated carbocycles. The summed E-state index contributed by atoms with van der Waals surface area (Å²) < 4.78 is 0. The molecule has 0 radical (unpaired) electrons. The maximum Gasteiger partial charge on any atom is 0.255 e. The third-order valence-electron chi connectivity index (χ3n) is 3.85. The van der Waals surface area contributed by atoms with Gasteiger partial charge < -0.3 is 10.6 Å². The first-order valence-electron chi connectivity index (χ1n) is 7.12. The van der Waals surface area contributed by atoms with Crippen LogP contribution in [0.3, 0.4) is 0 Å². The summed E-state index contributed by atoms with van der Waals surface area (Å²) in [5.74, 6) is -0.0198. The summed E-state index contributed by atoms with van der Waals surface area (Å²) in [6.45, 7) is 1.92. The molecule has 2 rings (SSSR count). The van der Waals surface area contributed by atoms with E-state index >= 15 is 0 Å². The van der Waals surface area contributed by atoms with E-state index in [1.807, 2.05) is 31.8 Å². The quantitative estimate of drug-likeness (QED) is 0.896. The van der Waals surface area contributed by atoms with Gasteiger partial charge in [0.05, 0.1) is 11.3 Å². The minimum absolute atomic E-state index is 0.0198. The van der Waals surface area contributed by atoms with Crippen LogP contribution in [0.4, 0.5) is 5.69 Å². The number of pyridine rings is 1. The van der Waals surface area contributed by atoms with Gasteiger partial charge in [0, 0.05) is 30.2 Å². The molecule has 1 aromatic heterocycles. The lowest BCUT2D eigenvalue weighted by atomic mass is 9.94. The van der Waals surface area contributed by atoms with Crippen LogP contribution < -0.4 is 10.6 Å². The number of anilines is 1. The Bertz CT molecular complexity index is 478. The number of carbonyl (C=O) groups excluding carboxylic acids is 1. The summed E-state index contributed by atoms with van der Waals surface area (Å²) in [6.07, 6.45) is 8.42. The van der Waals surface area contributed by atoms with E-state index in [4.69, 9.17) is 0 Å². The van der Waals surface area contributed by atoms with Gasteiger partial charge in [0.2, 0.25) is 0 Å². The highest BCUT2D eigenvalue weighted by Crippen LogP contribution is 2.27. The second-order valence-corrected chi connectivity index (χ2v) is 6.45. The summed E-state index contributed by atoms with van der Waals surface area (Å²) in [5.41, 5.74) is 2.38. The lowest BCUT2D eigenvalue weighted by Gasteiger charge is -2.28. The van der Waals surface area contributed by atoms with E-state index < -0.39 is 0 Å². The van der Waals surface area contributed by atoms with Gasteiger partial charge in [-0.3, -0.25) is 9.78 Å². The highest BCUT2D eigenvalue weighted by molar-refractivity contribution is 7.99. The van der Waals surface area contributed by atoms with Crippen LogP contribution in [-0.2, 0) is 0 Å². The van der Waals surface area contributed by atoms with Gasteiger partial charge in [0.25, 0.3) is 5.91 Å². The Hall–Kier alpha value is -1.23. The molecule has 0 bridgehead atoms. The van der Waals surface area contributed by atoms with E-state index in [1.54, 1.807) is 6.20 Å². The number of thioether (sulfide) groups is 1. The predicted molar refractivity (Wildman–Crippen MR) is 85.5 cm³/mol. The number of carbonyl (C=O) groups is 1. The molecule has 1 heterocycles. The van der Waals surface area contributed by atoms with E-state index in [2.05, 4.69) is 21.9 Å². The SMILES string of the molecule is CNc1cc(C)ncc1C(=O)NC1CCCC(SC)C1. The Balaban J connectivity index is 2.04. The van der Waals surface area contributed by atoms with E-state index in [1.165, 1.54) is 12.8 Å². The molecule has 0 aliphatic heterocycles. The van der Waals surface area contributed by atoms with Gasteiger partial charge in [-0.25, -0.2) is 0 Å². The summed E-state index contributed by atoms with van der Waals surface area (Å²) in [7, 11) is 1.83. The Kier molecular flexibility index (Phi) is 5.29. The Morgan fingerprint density at radius 1 is 1.45 bits per heavy atom. The molecule has 1 aliphatic rings. The normalized spacial score (nSPS) is 22.4. The third-order valence-corrected chi connectivity index (χ3v) is 4.94. The van der Waals surface area contributed by atoms with Gasteiger partial charge >= 0.3 is 0 Å². The van der Waals surface area contributed by atoms with Crippen LogP contribution in [0.2, 0.25) is 0 Å². The van der Waals surface area contributed by atoms with E-state index in [-0.39, 0.29) is 5.91 Å². The van der Waals surface area contributed by atoms with Gasteiger partial charge in [-0.05, 0) is 38.5 Å². The van der Waals surface area contributed by atoms with Gasteiger partial charge in [-0.15, -0.1) is 0 Å². The van der Waals surface area contributed by atoms with Crippen LogP contribution in [0.25, 0.3) is 0 Å². The van der Waals surface area contributed by atoms with Gasteiger partial charge in [-0.1, -0.05) is 6.42 Å². The van der Waals surface area contributed by atoms with Crippen LogP contribution in [0.1, 0.15) is 41.7 Å². The van der Waals surface area contributed by atoms with Crippen molar-refractivity contribution in [3.63, 3.8) is 0 Å². The highest BCUT2D eigenvalue weighted by Gasteiger charge is 2.23. The highest BCUT2D eigenvalue weighted by atomic mass is 32.2. The first-order valence-corrected chi connectivity index (χ1v) is 8.41. The zero-order chi connectivity index (χ0) is 14.5. The fourth-order valence-electron chi connectivity index (χ4n) is 2.70. The van der Waals surface area contributed by atoms with Crippen LogP contribution in [-0.4, -0.2) is 35.5 Å². The van der Waals surface area contributed by atoms with Gasteiger partial charge in [-0.2, -0.15) is 11.8 Å². The molecular formula is C15H23N3OS. The van der Waals surface area contributed by atoms with Gasteiger partial charge in [0.1, 0.15) is 0 Å². The van der Waals surface area contributed by atoms with Crippen molar-refractivity contribution in [3.8, 4) is 0 Å². The molecule has 4 nitrogen and oxygen atoms in total.